The van der Waals surface area contributed by atoms with Gasteiger partial charge in [0.25, 0.3) is 0 Å². The maximum Gasteiger partial charge on any atom is 0.306 e. The average Bonchev–Trinajstić information content (AvgIpc) is 2.48. The minimum Gasteiger partial charge on any atom is -0.507 e. The first-order valence-electron chi connectivity index (χ1n) is 9.07. The number of rotatable bonds is 7. The average molecular weight is 350 g/mol. The summed E-state index contributed by atoms with van der Waals surface area (Å²) in [6, 6.07) is 4.02. The van der Waals surface area contributed by atoms with Crippen LogP contribution in [0.1, 0.15) is 71.6 Å². The van der Waals surface area contributed by atoms with Gasteiger partial charge in [-0.3, -0.25) is 4.79 Å². The highest BCUT2D eigenvalue weighted by Crippen LogP contribution is 2.39. The predicted molar refractivity (Wildman–Crippen MR) is 101 cm³/mol. The number of hydrogen-bond acceptors (Lipinski definition) is 4. The molecule has 0 aliphatic carbocycles. The highest BCUT2D eigenvalue weighted by molar-refractivity contribution is 5.69. The van der Waals surface area contributed by atoms with Crippen molar-refractivity contribution in [2.24, 2.45) is 0 Å². The van der Waals surface area contributed by atoms with Crippen LogP contribution in [0.15, 0.2) is 12.1 Å². The Morgan fingerprint density at radius 2 is 1.52 bits per heavy atom. The Morgan fingerprint density at radius 3 is 1.96 bits per heavy atom. The van der Waals surface area contributed by atoms with Crippen LogP contribution in [0.2, 0.25) is 0 Å². The van der Waals surface area contributed by atoms with Gasteiger partial charge in [0.05, 0.1) is 6.61 Å². The van der Waals surface area contributed by atoms with E-state index >= 15 is 0 Å². The molecule has 0 heterocycles. The Labute approximate surface area is 152 Å². The SMILES string of the molecule is CCOCCOC(=O)CCc1cc(C(C)(C)C)c(O)c(C(C)(C)C)c1. The summed E-state index contributed by atoms with van der Waals surface area (Å²) in [5.74, 6) is 0.144. The zero-order chi connectivity index (χ0) is 19.3. The molecule has 4 heteroatoms. The maximum absolute atomic E-state index is 11.9. The third-order valence-corrected chi connectivity index (χ3v) is 4.10. The molecule has 1 aromatic carbocycles. The number of benzene rings is 1. The van der Waals surface area contributed by atoms with Crippen molar-refractivity contribution in [2.45, 2.75) is 72.1 Å². The maximum atomic E-state index is 11.9. The summed E-state index contributed by atoms with van der Waals surface area (Å²) < 4.78 is 10.3. The van der Waals surface area contributed by atoms with Gasteiger partial charge in [0.1, 0.15) is 12.4 Å². The van der Waals surface area contributed by atoms with Crippen LogP contribution < -0.4 is 0 Å². The Balaban J connectivity index is 2.91. The van der Waals surface area contributed by atoms with Gasteiger partial charge in [-0.15, -0.1) is 0 Å². The molecule has 0 saturated heterocycles. The monoisotopic (exact) mass is 350 g/mol. The molecule has 0 bridgehead atoms. The van der Waals surface area contributed by atoms with Crippen molar-refractivity contribution in [3.63, 3.8) is 0 Å². The van der Waals surface area contributed by atoms with E-state index in [2.05, 4.69) is 41.5 Å². The molecule has 25 heavy (non-hydrogen) atoms. The number of aromatic hydroxyl groups is 1. The van der Waals surface area contributed by atoms with E-state index in [-0.39, 0.29) is 16.8 Å². The number of ether oxygens (including phenoxy) is 2. The number of phenols is 1. The minimum absolute atomic E-state index is 0.169. The van der Waals surface area contributed by atoms with Gasteiger partial charge in [-0.2, -0.15) is 0 Å². The summed E-state index contributed by atoms with van der Waals surface area (Å²) in [6.45, 7) is 15.8. The van der Waals surface area contributed by atoms with Gasteiger partial charge in [0.2, 0.25) is 0 Å². The smallest absolute Gasteiger partial charge is 0.306 e. The van der Waals surface area contributed by atoms with E-state index in [0.717, 1.165) is 16.7 Å². The first-order valence-corrected chi connectivity index (χ1v) is 9.07. The van der Waals surface area contributed by atoms with Crippen molar-refractivity contribution in [1.82, 2.24) is 0 Å². The number of aryl methyl sites for hydroxylation is 1. The van der Waals surface area contributed by atoms with Crippen LogP contribution in [0, 0.1) is 0 Å². The molecule has 1 aromatic rings. The first kappa shape index (κ1) is 21.5. The Morgan fingerprint density at radius 1 is 1.00 bits per heavy atom. The molecular weight excluding hydrogens is 316 g/mol. The third-order valence-electron chi connectivity index (χ3n) is 4.10. The molecule has 1 rings (SSSR count). The number of phenolic OH excluding ortho intramolecular Hbond substituents is 1. The Hall–Kier alpha value is -1.55. The summed E-state index contributed by atoms with van der Waals surface area (Å²) in [4.78, 5) is 11.9. The fraction of sp³-hybridized carbons (Fsp3) is 0.667. The molecule has 0 fully saturated rings. The normalized spacial score (nSPS) is 12.3. The fourth-order valence-corrected chi connectivity index (χ4v) is 2.66. The van der Waals surface area contributed by atoms with Gasteiger partial charge >= 0.3 is 5.97 Å². The number of carbonyl (C=O) groups is 1. The lowest BCUT2D eigenvalue weighted by Gasteiger charge is -2.28. The van der Waals surface area contributed by atoms with Gasteiger partial charge in [-0.25, -0.2) is 0 Å². The van der Waals surface area contributed by atoms with Gasteiger partial charge in [-0.1, -0.05) is 53.7 Å². The molecule has 4 nitrogen and oxygen atoms in total. The Kier molecular flexibility index (Phi) is 7.48. The van der Waals surface area contributed by atoms with E-state index in [1.165, 1.54) is 0 Å². The summed E-state index contributed by atoms with van der Waals surface area (Å²) in [6.07, 6.45) is 0.921. The number of esters is 1. The second-order valence-electron chi connectivity index (χ2n) is 8.46. The van der Waals surface area contributed by atoms with Crippen LogP contribution in [0.4, 0.5) is 0 Å². The minimum atomic E-state index is -0.220. The molecule has 0 atom stereocenters. The fourth-order valence-electron chi connectivity index (χ4n) is 2.66. The molecule has 1 N–H and O–H groups in total. The zero-order valence-electron chi connectivity index (χ0n) is 16.9. The van der Waals surface area contributed by atoms with E-state index < -0.39 is 0 Å². The van der Waals surface area contributed by atoms with Crippen molar-refractivity contribution in [1.29, 1.82) is 0 Å². The lowest BCUT2D eigenvalue weighted by molar-refractivity contribution is -0.145. The third kappa shape index (κ3) is 6.69. The summed E-state index contributed by atoms with van der Waals surface area (Å²) in [7, 11) is 0. The number of carbonyl (C=O) groups excluding carboxylic acids is 1. The first-order chi connectivity index (χ1) is 11.5. The molecule has 0 unspecified atom stereocenters. The van der Waals surface area contributed by atoms with Gasteiger partial charge in [0, 0.05) is 13.0 Å². The van der Waals surface area contributed by atoms with E-state index in [1.807, 2.05) is 19.1 Å². The van der Waals surface area contributed by atoms with Crippen molar-refractivity contribution >= 4 is 5.97 Å². The van der Waals surface area contributed by atoms with Crippen LogP contribution >= 0.6 is 0 Å². The highest BCUT2D eigenvalue weighted by atomic mass is 16.6. The van der Waals surface area contributed by atoms with Crippen LogP contribution in [0.25, 0.3) is 0 Å². The molecular formula is C21H34O4. The zero-order valence-corrected chi connectivity index (χ0v) is 16.9. The molecule has 0 aliphatic rings. The van der Waals surface area contributed by atoms with Crippen molar-refractivity contribution in [3.05, 3.63) is 28.8 Å². The standard InChI is InChI=1S/C21H34O4/c1-8-24-11-12-25-18(22)10-9-15-13-16(20(2,3)4)19(23)17(14-15)21(5,6)7/h13-14,23H,8-12H2,1-7H3. The lowest BCUT2D eigenvalue weighted by atomic mass is 9.78. The lowest BCUT2D eigenvalue weighted by Crippen LogP contribution is -2.18. The summed E-state index contributed by atoms with van der Waals surface area (Å²) in [5.41, 5.74) is 2.55. The largest absolute Gasteiger partial charge is 0.507 e. The molecule has 0 aliphatic heterocycles. The second kappa shape index (κ2) is 8.70. The van der Waals surface area contributed by atoms with E-state index in [9.17, 15) is 9.90 Å². The quantitative estimate of drug-likeness (QED) is 0.581. The summed E-state index contributed by atoms with van der Waals surface area (Å²) >= 11 is 0. The summed E-state index contributed by atoms with van der Waals surface area (Å²) in [5, 5.41) is 10.7. The predicted octanol–water partition coefficient (Wildman–Crippen LogP) is 4.50. The van der Waals surface area contributed by atoms with Crippen LogP contribution in [0.5, 0.6) is 5.75 Å². The van der Waals surface area contributed by atoms with E-state index in [1.54, 1.807) is 0 Å². The molecule has 0 aromatic heterocycles. The van der Waals surface area contributed by atoms with Crippen LogP contribution in [-0.2, 0) is 31.5 Å². The number of hydrogen-bond donors (Lipinski definition) is 1. The topological polar surface area (TPSA) is 55.8 Å². The molecule has 0 amide bonds. The van der Waals surface area contributed by atoms with Gasteiger partial charge < -0.3 is 14.6 Å². The molecule has 0 spiro atoms. The van der Waals surface area contributed by atoms with Crippen LogP contribution in [-0.4, -0.2) is 30.9 Å². The molecule has 0 saturated carbocycles. The van der Waals surface area contributed by atoms with E-state index in [4.69, 9.17) is 9.47 Å². The second-order valence-corrected chi connectivity index (χ2v) is 8.46. The van der Waals surface area contributed by atoms with Crippen LogP contribution in [0.3, 0.4) is 0 Å². The van der Waals surface area contributed by atoms with Crippen molar-refractivity contribution < 1.29 is 19.4 Å². The van der Waals surface area contributed by atoms with Gasteiger partial charge in [-0.05, 0) is 40.9 Å². The molecule has 142 valence electrons. The van der Waals surface area contributed by atoms with E-state index in [0.29, 0.717) is 38.4 Å². The molecule has 0 radical (unpaired) electrons. The van der Waals surface area contributed by atoms with Gasteiger partial charge in [0.15, 0.2) is 0 Å². The Bertz CT molecular complexity index is 542. The van der Waals surface area contributed by atoms with Crippen molar-refractivity contribution in [3.8, 4) is 5.75 Å². The highest BCUT2D eigenvalue weighted by Gasteiger charge is 2.26. The van der Waals surface area contributed by atoms with Crippen molar-refractivity contribution in [2.75, 3.05) is 19.8 Å².